The van der Waals surface area contributed by atoms with Crippen LogP contribution in [-0.2, 0) is 13.1 Å². The summed E-state index contributed by atoms with van der Waals surface area (Å²) in [5.74, 6) is -0.314. The predicted molar refractivity (Wildman–Crippen MR) is 66.7 cm³/mol. The van der Waals surface area contributed by atoms with Crippen LogP contribution in [0.2, 0.25) is 0 Å². The molecule has 0 saturated carbocycles. The maximum absolute atomic E-state index is 13.6. The normalized spacial score (nSPS) is 10.5. The van der Waals surface area contributed by atoms with Crippen LogP contribution in [0.15, 0.2) is 41.4 Å². The molecule has 17 heavy (non-hydrogen) atoms. The van der Waals surface area contributed by atoms with Crippen LogP contribution in [0.3, 0.4) is 0 Å². The standard InChI is InChI=1S/C12H11BrFN3/c13-12-11(14)10(3-5-17-12)8-16-7-9-2-1-4-15-6-9/h1-6,16H,7-8H2. The lowest BCUT2D eigenvalue weighted by Crippen LogP contribution is -2.14. The Balaban J connectivity index is 1.93. The van der Waals surface area contributed by atoms with E-state index in [2.05, 4.69) is 31.2 Å². The van der Waals surface area contributed by atoms with Gasteiger partial charge < -0.3 is 5.32 Å². The molecule has 1 N–H and O–H groups in total. The summed E-state index contributed by atoms with van der Waals surface area (Å²) in [6.07, 6.45) is 5.09. The molecule has 88 valence electrons. The Labute approximate surface area is 107 Å². The van der Waals surface area contributed by atoms with Gasteiger partial charge in [0.2, 0.25) is 0 Å². The molecule has 0 fully saturated rings. The van der Waals surface area contributed by atoms with Gasteiger partial charge in [0.25, 0.3) is 0 Å². The van der Waals surface area contributed by atoms with Crippen LogP contribution in [0, 0.1) is 5.82 Å². The summed E-state index contributed by atoms with van der Waals surface area (Å²) in [6.45, 7) is 1.12. The van der Waals surface area contributed by atoms with E-state index in [0.717, 1.165) is 5.56 Å². The lowest BCUT2D eigenvalue weighted by Gasteiger charge is -2.06. The molecule has 0 aliphatic heterocycles. The van der Waals surface area contributed by atoms with Crippen LogP contribution in [0.25, 0.3) is 0 Å². The summed E-state index contributed by atoms with van der Waals surface area (Å²) in [4.78, 5) is 7.82. The van der Waals surface area contributed by atoms with E-state index in [4.69, 9.17) is 0 Å². The monoisotopic (exact) mass is 295 g/mol. The quantitative estimate of drug-likeness (QED) is 0.881. The van der Waals surface area contributed by atoms with Crippen molar-refractivity contribution in [3.05, 3.63) is 58.3 Å². The van der Waals surface area contributed by atoms with Gasteiger partial charge in [0, 0.05) is 37.2 Å². The summed E-state index contributed by atoms with van der Waals surface area (Å²) in [7, 11) is 0. The molecule has 0 radical (unpaired) electrons. The summed E-state index contributed by atoms with van der Waals surface area (Å²) < 4.78 is 13.8. The van der Waals surface area contributed by atoms with Crippen LogP contribution in [0.5, 0.6) is 0 Å². The maximum atomic E-state index is 13.6. The SMILES string of the molecule is Fc1c(CNCc2cccnc2)ccnc1Br. The van der Waals surface area contributed by atoms with Crippen LogP contribution >= 0.6 is 15.9 Å². The predicted octanol–water partition coefficient (Wildman–Crippen LogP) is 2.67. The Bertz CT molecular complexity index is 490. The van der Waals surface area contributed by atoms with Gasteiger partial charge in [0.1, 0.15) is 4.60 Å². The van der Waals surface area contributed by atoms with Crippen LogP contribution in [-0.4, -0.2) is 9.97 Å². The third-order valence-electron chi connectivity index (χ3n) is 2.29. The third kappa shape index (κ3) is 3.31. The molecule has 2 rings (SSSR count). The van der Waals surface area contributed by atoms with Gasteiger partial charge in [-0.1, -0.05) is 6.07 Å². The van der Waals surface area contributed by atoms with Crippen LogP contribution < -0.4 is 5.32 Å². The van der Waals surface area contributed by atoms with Gasteiger partial charge in [-0.15, -0.1) is 0 Å². The first-order chi connectivity index (χ1) is 8.27. The number of rotatable bonds is 4. The van der Waals surface area contributed by atoms with E-state index in [0.29, 0.717) is 18.7 Å². The minimum atomic E-state index is -0.314. The minimum absolute atomic E-state index is 0.248. The average Bonchev–Trinajstić information content (AvgIpc) is 2.36. The third-order valence-corrected chi connectivity index (χ3v) is 2.85. The smallest absolute Gasteiger partial charge is 0.160 e. The number of hydrogen-bond acceptors (Lipinski definition) is 3. The number of nitrogens with zero attached hydrogens (tertiary/aromatic N) is 2. The molecule has 3 nitrogen and oxygen atoms in total. The number of pyridine rings is 2. The molecular weight excluding hydrogens is 285 g/mol. The zero-order chi connectivity index (χ0) is 12.1. The van der Waals surface area contributed by atoms with E-state index in [1.54, 1.807) is 24.7 Å². The van der Waals surface area contributed by atoms with Gasteiger partial charge in [0.15, 0.2) is 5.82 Å². The van der Waals surface area contributed by atoms with Crippen molar-refractivity contribution in [1.29, 1.82) is 0 Å². The molecule has 0 unspecified atom stereocenters. The fourth-order valence-electron chi connectivity index (χ4n) is 1.44. The fourth-order valence-corrected chi connectivity index (χ4v) is 1.81. The van der Waals surface area contributed by atoms with Gasteiger partial charge in [-0.05, 0) is 33.6 Å². The molecule has 0 spiro atoms. The van der Waals surface area contributed by atoms with Crippen molar-refractivity contribution in [3.63, 3.8) is 0 Å². The Hall–Kier alpha value is -1.33. The molecule has 0 atom stereocenters. The first-order valence-electron chi connectivity index (χ1n) is 5.16. The van der Waals surface area contributed by atoms with Crippen molar-refractivity contribution in [3.8, 4) is 0 Å². The topological polar surface area (TPSA) is 37.8 Å². The van der Waals surface area contributed by atoms with Gasteiger partial charge in [-0.25, -0.2) is 9.37 Å². The summed E-state index contributed by atoms with van der Waals surface area (Å²) in [6, 6.07) is 5.51. The number of halogens is 2. The molecule has 0 aromatic carbocycles. The summed E-state index contributed by atoms with van der Waals surface area (Å²) >= 11 is 3.06. The highest BCUT2D eigenvalue weighted by atomic mass is 79.9. The van der Waals surface area contributed by atoms with E-state index in [1.807, 2.05) is 12.1 Å². The fraction of sp³-hybridized carbons (Fsp3) is 0.167. The molecular formula is C12H11BrFN3. The Morgan fingerprint density at radius 3 is 2.88 bits per heavy atom. The van der Waals surface area contributed by atoms with E-state index in [1.165, 1.54) is 0 Å². The van der Waals surface area contributed by atoms with Crippen LogP contribution in [0.1, 0.15) is 11.1 Å². The lowest BCUT2D eigenvalue weighted by atomic mass is 10.2. The highest BCUT2D eigenvalue weighted by molar-refractivity contribution is 9.10. The van der Waals surface area contributed by atoms with E-state index in [9.17, 15) is 4.39 Å². The Kier molecular flexibility index (Phi) is 4.17. The second-order valence-corrected chi connectivity index (χ2v) is 4.29. The van der Waals surface area contributed by atoms with E-state index in [-0.39, 0.29) is 10.4 Å². The number of nitrogens with one attached hydrogen (secondary N) is 1. The number of aromatic nitrogens is 2. The molecule has 2 heterocycles. The van der Waals surface area contributed by atoms with Crippen molar-refractivity contribution in [2.24, 2.45) is 0 Å². The maximum Gasteiger partial charge on any atom is 0.160 e. The van der Waals surface area contributed by atoms with Gasteiger partial charge in [-0.3, -0.25) is 4.98 Å². The van der Waals surface area contributed by atoms with E-state index >= 15 is 0 Å². The zero-order valence-corrected chi connectivity index (χ0v) is 10.6. The highest BCUT2D eigenvalue weighted by Crippen LogP contribution is 2.15. The molecule has 0 amide bonds. The summed E-state index contributed by atoms with van der Waals surface area (Å²) in [5.41, 5.74) is 1.66. The molecule has 5 heteroatoms. The van der Waals surface area contributed by atoms with Crippen molar-refractivity contribution in [1.82, 2.24) is 15.3 Å². The molecule has 2 aromatic rings. The van der Waals surface area contributed by atoms with Crippen molar-refractivity contribution in [2.75, 3.05) is 0 Å². The minimum Gasteiger partial charge on any atom is -0.308 e. The number of hydrogen-bond donors (Lipinski definition) is 1. The van der Waals surface area contributed by atoms with Gasteiger partial charge in [-0.2, -0.15) is 0 Å². The van der Waals surface area contributed by atoms with Crippen molar-refractivity contribution >= 4 is 15.9 Å². The molecule has 0 saturated heterocycles. The molecule has 0 bridgehead atoms. The molecule has 0 aliphatic rings. The second kappa shape index (κ2) is 5.84. The first-order valence-corrected chi connectivity index (χ1v) is 5.95. The Morgan fingerprint density at radius 2 is 2.12 bits per heavy atom. The zero-order valence-electron chi connectivity index (χ0n) is 9.03. The summed E-state index contributed by atoms with van der Waals surface area (Å²) in [5, 5.41) is 3.16. The second-order valence-electron chi connectivity index (χ2n) is 3.54. The van der Waals surface area contributed by atoms with Gasteiger partial charge >= 0.3 is 0 Å². The van der Waals surface area contributed by atoms with Crippen molar-refractivity contribution in [2.45, 2.75) is 13.1 Å². The van der Waals surface area contributed by atoms with Crippen LogP contribution in [0.4, 0.5) is 4.39 Å². The van der Waals surface area contributed by atoms with E-state index < -0.39 is 0 Å². The van der Waals surface area contributed by atoms with Crippen molar-refractivity contribution < 1.29 is 4.39 Å². The van der Waals surface area contributed by atoms with Gasteiger partial charge in [0.05, 0.1) is 0 Å². The largest absolute Gasteiger partial charge is 0.308 e. The average molecular weight is 296 g/mol. The molecule has 2 aromatic heterocycles. The Morgan fingerprint density at radius 1 is 1.24 bits per heavy atom. The highest BCUT2D eigenvalue weighted by Gasteiger charge is 2.06. The molecule has 0 aliphatic carbocycles. The first kappa shape index (κ1) is 12.1. The lowest BCUT2D eigenvalue weighted by molar-refractivity contribution is 0.575.